The van der Waals surface area contributed by atoms with Gasteiger partial charge >= 0.3 is 11.8 Å². The predicted molar refractivity (Wildman–Crippen MR) is 219 cm³/mol. The number of hydrogen-bond donors (Lipinski definition) is 7. The van der Waals surface area contributed by atoms with Crippen molar-refractivity contribution in [1.29, 1.82) is 0 Å². The number of Topliss-reactive ketones (excluding diaryl/α,β-unsaturated/α-hetero) is 1. The normalized spacial score (nSPS) is 30.3. The number of thiophene rings is 1. The van der Waals surface area contributed by atoms with Crippen LogP contribution in [0, 0.1) is 30.6 Å². The predicted octanol–water partition coefficient (Wildman–Crippen LogP) is 6.11. The number of ketones is 1. The minimum absolute atomic E-state index is 0.0400. The largest absolute Gasteiger partial charge is 0.507 e. The zero-order chi connectivity index (χ0) is 42.8. The van der Waals surface area contributed by atoms with Gasteiger partial charge in [-0.1, -0.05) is 52.0 Å². The monoisotopic (exact) mass is 822 g/mol. The molecule has 3 aliphatic rings. The van der Waals surface area contributed by atoms with E-state index in [-0.39, 0.29) is 51.0 Å². The number of aliphatic hydroxyl groups is 2. The van der Waals surface area contributed by atoms with E-state index in [0.29, 0.717) is 6.54 Å². The molecule has 3 aliphatic heterocycles. The van der Waals surface area contributed by atoms with Crippen LogP contribution in [0.4, 0.5) is 5.69 Å². The Morgan fingerprint density at radius 2 is 1.67 bits per heavy atom. The van der Waals surface area contributed by atoms with Crippen LogP contribution in [0.2, 0.25) is 0 Å². The number of phenols is 3. The van der Waals surface area contributed by atoms with Crippen LogP contribution in [0.1, 0.15) is 74.8 Å². The van der Waals surface area contributed by atoms with E-state index in [1.165, 1.54) is 64.6 Å². The summed E-state index contributed by atoms with van der Waals surface area (Å²) >= 11 is 1.51. The fourth-order valence-corrected chi connectivity index (χ4v) is 8.36. The zero-order valence-corrected chi connectivity index (χ0v) is 35.0. The first-order valence-corrected chi connectivity index (χ1v) is 20.0. The highest BCUT2D eigenvalue weighted by molar-refractivity contribution is 7.09. The van der Waals surface area contributed by atoms with Crippen LogP contribution in [0.15, 0.2) is 53.7 Å². The number of carbonyl (C=O) groups excluding carboxylic acids is 3. The maximum atomic E-state index is 14.4. The number of benzene rings is 2. The summed E-state index contributed by atoms with van der Waals surface area (Å²) < 4.78 is 23.6. The van der Waals surface area contributed by atoms with Gasteiger partial charge in [-0.2, -0.15) is 0 Å². The van der Waals surface area contributed by atoms with Crippen molar-refractivity contribution in [2.24, 2.45) is 23.7 Å². The summed E-state index contributed by atoms with van der Waals surface area (Å²) in [4.78, 5) is 41.4. The lowest BCUT2D eigenvalue weighted by atomic mass is 9.78. The van der Waals surface area contributed by atoms with Crippen LogP contribution in [-0.4, -0.2) is 80.5 Å². The summed E-state index contributed by atoms with van der Waals surface area (Å²) in [5, 5.41) is 65.6. The van der Waals surface area contributed by atoms with Gasteiger partial charge in [0.2, 0.25) is 0 Å². The van der Waals surface area contributed by atoms with E-state index in [9.17, 15) is 39.9 Å². The van der Waals surface area contributed by atoms with Crippen molar-refractivity contribution < 1.29 is 58.9 Å². The molecule has 9 atom stereocenters. The van der Waals surface area contributed by atoms with Gasteiger partial charge in [0.05, 0.1) is 41.2 Å². The molecule has 0 aliphatic carbocycles. The van der Waals surface area contributed by atoms with Gasteiger partial charge in [0.15, 0.2) is 5.75 Å². The van der Waals surface area contributed by atoms with Gasteiger partial charge in [0.1, 0.15) is 23.4 Å². The number of ether oxygens (including phenoxy) is 4. The number of anilines is 1. The summed E-state index contributed by atoms with van der Waals surface area (Å²) in [7, 11) is 1.44. The van der Waals surface area contributed by atoms with Gasteiger partial charge in [0.25, 0.3) is 11.7 Å². The summed E-state index contributed by atoms with van der Waals surface area (Å²) in [5.41, 5.74) is -0.0362. The number of esters is 1. The average Bonchev–Trinajstić information content (AvgIpc) is 3.80. The summed E-state index contributed by atoms with van der Waals surface area (Å²) in [6, 6.07) is 3.81. The average molecular weight is 823 g/mol. The second-order valence-electron chi connectivity index (χ2n) is 15.4. The third-order valence-electron chi connectivity index (χ3n) is 11.3. The number of carbonyl (C=O) groups is 3. The minimum atomic E-state index is -2.03. The summed E-state index contributed by atoms with van der Waals surface area (Å²) in [6.07, 6.45) is 3.63. The van der Waals surface area contributed by atoms with E-state index in [1.54, 1.807) is 39.8 Å². The molecule has 4 heterocycles. The Labute approximate surface area is 341 Å². The Bertz CT molecular complexity index is 2130. The molecule has 6 rings (SSSR count). The molecule has 0 spiro atoms. The first-order chi connectivity index (χ1) is 27.3. The standard InChI is InChI=1S/C43H54N2O12S/c1-20-12-10-13-21(2)42(53)45-33-28(19-44-18-27-14-11-17-58-27)37(50)30-31(38(33)51)36(49)25(6)40-32(30)41(52)43(8,57-40)55-16-15-29(54-9)22(3)39(56-26(7)46)24(5)35(48)23(4)34(20)47/h10-17,20,22-24,29,34-35,39,44,47-51H,18-19H2,1-9H3,(H,45,53)/b12-10+,16-15+,21-13-/t20-,22+,23+,24+,29-,34-,35+,39+,43-/m0/s1. The molecule has 314 valence electrons. The molecule has 0 fully saturated rings. The Morgan fingerprint density at radius 3 is 2.31 bits per heavy atom. The van der Waals surface area contributed by atoms with Crippen molar-refractivity contribution in [2.45, 2.75) is 98.7 Å². The quantitative estimate of drug-likeness (QED) is 0.0851. The SMILES string of the molecule is CO[C@H]1/C=C/O[C@@]2(C)Oc3c(C)c(O)c4c(O)c(c(CNCc5cccs5)c(O)c4c3C2=O)NC(=O)/C(C)=C\C=C\[C@H](C)[C@H](O)[C@@H](C)[C@@H](O)[C@@H](C)[C@H](OC(C)=O)[C@@H]1C. The summed E-state index contributed by atoms with van der Waals surface area (Å²) in [6.45, 7) is 12.9. The van der Waals surface area contributed by atoms with Crippen LogP contribution in [0.5, 0.6) is 23.0 Å². The highest BCUT2D eigenvalue weighted by atomic mass is 32.1. The van der Waals surface area contributed by atoms with Gasteiger partial charge in [-0.15, -0.1) is 11.3 Å². The van der Waals surface area contributed by atoms with Gasteiger partial charge in [-0.3, -0.25) is 14.4 Å². The number of hydrogen-bond acceptors (Lipinski definition) is 14. The van der Waals surface area contributed by atoms with Crippen molar-refractivity contribution in [3.8, 4) is 23.0 Å². The van der Waals surface area contributed by atoms with Crippen molar-refractivity contribution >= 4 is 45.5 Å². The van der Waals surface area contributed by atoms with Crippen LogP contribution in [-0.2, 0) is 36.9 Å². The molecule has 0 saturated carbocycles. The molecule has 1 aromatic heterocycles. The molecule has 0 saturated heterocycles. The van der Waals surface area contributed by atoms with Gasteiger partial charge in [-0.25, -0.2) is 0 Å². The van der Waals surface area contributed by atoms with Crippen molar-refractivity contribution in [1.82, 2.24) is 5.32 Å². The van der Waals surface area contributed by atoms with E-state index in [1.807, 2.05) is 17.5 Å². The van der Waals surface area contributed by atoms with Crippen molar-refractivity contribution in [3.05, 3.63) is 75.2 Å². The lowest BCUT2D eigenvalue weighted by Gasteiger charge is -2.38. The molecule has 3 aromatic rings. The number of phenolic OH excluding ortho intramolecular Hbond substituents is 3. The minimum Gasteiger partial charge on any atom is -0.507 e. The molecule has 58 heavy (non-hydrogen) atoms. The highest BCUT2D eigenvalue weighted by Gasteiger charge is 2.50. The van der Waals surface area contributed by atoms with Crippen LogP contribution in [0.25, 0.3) is 10.8 Å². The molecule has 0 unspecified atom stereocenters. The Morgan fingerprint density at radius 1 is 0.966 bits per heavy atom. The summed E-state index contributed by atoms with van der Waals surface area (Å²) in [5.74, 6) is -8.09. The second-order valence-corrected chi connectivity index (χ2v) is 16.4. The first-order valence-electron chi connectivity index (χ1n) is 19.1. The smallest absolute Gasteiger partial charge is 0.312 e. The Hall–Kier alpha value is -4.93. The van der Waals surface area contributed by atoms with E-state index < -0.39 is 88.8 Å². The number of amides is 1. The molecule has 1 amide bonds. The van der Waals surface area contributed by atoms with Gasteiger partial charge in [-0.05, 0) is 31.4 Å². The maximum Gasteiger partial charge on any atom is 0.312 e. The Balaban J connectivity index is 1.68. The zero-order valence-electron chi connectivity index (χ0n) is 34.2. The van der Waals surface area contributed by atoms with E-state index in [4.69, 9.17) is 18.9 Å². The highest BCUT2D eigenvalue weighted by Crippen LogP contribution is 2.55. The Kier molecular flexibility index (Phi) is 13.6. The lowest BCUT2D eigenvalue weighted by molar-refractivity contribution is -0.160. The molecular formula is C43H54N2O12S. The number of aromatic hydroxyl groups is 3. The van der Waals surface area contributed by atoms with Crippen LogP contribution >= 0.6 is 11.3 Å². The third kappa shape index (κ3) is 8.59. The molecule has 5 bridgehead atoms. The topological polar surface area (TPSA) is 213 Å². The lowest BCUT2D eigenvalue weighted by Crippen LogP contribution is -2.46. The number of rotatable bonds is 6. The fourth-order valence-electron chi connectivity index (χ4n) is 7.68. The first kappa shape index (κ1) is 44.2. The van der Waals surface area contributed by atoms with E-state index in [2.05, 4.69) is 10.6 Å². The molecule has 2 aromatic carbocycles. The van der Waals surface area contributed by atoms with E-state index >= 15 is 0 Å². The molecule has 14 nitrogen and oxygen atoms in total. The van der Waals surface area contributed by atoms with E-state index in [0.717, 1.165) is 4.88 Å². The van der Waals surface area contributed by atoms with Crippen molar-refractivity contribution in [3.63, 3.8) is 0 Å². The molecule has 7 N–H and O–H groups in total. The number of methoxy groups -OCH3 is 1. The van der Waals surface area contributed by atoms with Gasteiger partial charge in [0, 0.05) is 84.7 Å². The van der Waals surface area contributed by atoms with Gasteiger partial charge < -0.3 is 55.1 Å². The number of aliphatic hydroxyl groups excluding tert-OH is 2. The molecule has 0 radical (unpaired) electrons. The van der Waals surface area contributed by atoms with Crippen LogP contribution in [0.3, 0.4) is 0 Å². The third-order valence-corrected chi connectivity index (χ3v) is 12.2. The fraction of sp³-hybridized carbons (Fsp3) is 0.465. The van der Waals surface area contributed by atoms with Crippen LogP contribution < -0.4 is 15.4 Å². The number of fused-ring (bicyclic) bond motifs is 14. The maximum absolute atomic E-state index is 14.4. The second kappa shape index (κ2) is 17.9. The molecular weight excluding hydrogens is 769 g/mol. The number of allylic oxidation sites excluding steroid dienone is 2. The number of nitrogens with one attached hydrogen (secondary N) is 2. The van der Waals surface area contributed by atoms with Crippen molar-refractivity contribution in [2.75, 3.05) is 12.4 Å². The molecule has 15 heteroatoms.